The Morgan fingerprint density at radius 2 is 2.20 bits per heavy atom. The number of aliphatic hydroxyl groups is 1. The standard InChI is InChI=1S/C11H15ClFNO/c1-2-7(6-15)11(14)9-5-8(12)3-4-10(9)13/h3-5,7,11,15H,2,6,14H2,1H3. The lowest BCUT2D eigenvalue weighted by molar-refractivity contribution is 0.199. The fourth-order valence-electron chi connectivity index (χ4n) is 1.52. The maximum Gasteiger partial charge on any atom is 0.128 e. The molecule has 4 heteroatoms. The Morgan fingerprint density at radius 3 is 2.73 bits per heavy atom. The Morgan fingerprint density at radius 1 is 1.53 bits per heavy atom. The predicted molar refractivity (Wildman–Crippen MR) is 59.2 cm³/mol. The molecule has 1 aromatic carbocycles. The van der Waals surface area contributed by atoms with Crippen molar-refractivity contribution in [3.8, 4) is 0 Å². The second-order valence-corrected chi connectivity index (χ2v) is 3.98. The van der Waals surface area contributed by atoms with E-state index in [1.165, 1.54) is 18.2 Å². The van der Waals surface area contributed by atoms with E-state index in [1.54, 1.807) is 0 Å². The van der Waals surface area contributed by atoms with Crippen molar-refractivity contribution in [2.24, 2.45) is 11.7 Å². The summed E-state index contributed by atoms with van der Waals surface area (Å²) >= 11 is 5.77. The monoisotopic (exact) mass is 231 g/mol. The van der Waals surface area contributed by atoms with Gasteiger partial charge in [0, 0.05) is 29.2 Å². The van der Waals surface area contributed by atoms with Crippen molar-refractivity contribution in [1.82, 2.24) is 0 Å². The Kier molecular flexibility index (Phi) is 4.51. The number of aliphatic hydroxyl groups excluding tert-OH is 1. The van der Waals surface area contributed by atoms with Crippen LogP contribution in [-0.2, 0) is 0 Å². The molecule has 0 aliphatic carbocycles. The van der Waals surface area contributed by atoms with Gasteiger partial charge in [-0.3, -0.25) is 0 Å². The summed E-state index contributed by atoms with van der Waals surface area (Å²) in [6.07, 6.45) is 0.698. The molecule has 0 fully saturated rings. The minimum atomic E-state index is -0.515. The van der Waals surface area contributed by atoms with Crippen LogP contribution in [0.3, 0.4) is 0 Å². The number of nitrogens with two attached hydrogens (primary N) is 1. The molecule has 0 saturated carbocycles. The van der Waals surface area contributed by atoms with Crippen LogP contribution >= 0.6 is 11.6 Å². The van der Waals surface area contributed by atoms with Gasteiger partial charge < -0.3 is 10.8 Å². The largest absolute Gasteiger partial charge is 0.396 e. The van der Waals surface area contributed by atoms with E-state index in [0.29, 0.717) is 17.0 Å². The minimum Gasteiger partial charge on any atom is -0.396 e. The van der Waals surface area contributed by atoms with Crippen LogP contribution in [0.2, 0.25) is 5.02 Å². The molecule has 0 spiro atoms. The highest BCUT2D eigenvalue weighted by Crippen LogP contribution is 2.26. The molecule has 2 nitrogen and oxygen atoms in total. The van der Waals surface area contributed by atoms with E-state index in [1.807, 2.05) is 6.92 Å². The van der Waals surface area contributed by atoms with E-state index in [0.717, 1.165) is 0 Å². The van der Waals surface area contributed by atoms with Crippen LogP contribution in [0.5, 0.6) is 0 Å². The van der Waals surface area contributed by atoms with Crippen molar-refractivity contribution in [3.63, 3.8) is 0 Å². The first-order valence-electron chi connectivity index (χ1n) is 4.91. The summed E-state index contributed by atoms with van der Waals surface area (Å²) in [6.45, 7) is 1.85. The maximum absolute atomic E-state index is 13.4. The van der Waals surface area contributed by atoms with E-state index in [2.05, 4.69) is 0 Å². The molecule has 1 rings (SSSR count). The fourth-order valence-corrected chi connectivity index (χ4v) is 1.70. The van der Waals surface area contributed by atoms with E-state index in [-0.39, 0.29) is 18.3 Å². The fraction of sp³-hybridized carbons (Fsp3) is 0.455. The Bertz CT molecular complexity index is 328. The number of hydrogen-bond donors (Lipinski definition) is 2. The van der Waals surface area contributed by atoms with Crippen molar-refractivity contribution in [3.05, 3.63) is 34.6 Å². The van der Waals surface area contributed by atoms with Gasteiger partial charge in [-0.15, -0.1) is 0 Å². The van der Waals surface area contributed by atoms with E-state index < -0.39 is 6.04 Å². The van der Waals surface area contributed by atoms with Crippen molar-refractivity contribution >= 4 is 11.6 Å². The van der Waals surface area contributed by atoms with Crippen molar-refractivity contribution in [2.45, 2.75) is 19.4 Å². The summed E-state index contributed by atoms with van der Waals surface area (Å²) in [5.41, 5.74) is 6.24. The highest BCUT2D eigenvalue weighted by Gasteiger charge is 2.20. The molecule has 3 N–H and O–H groups in total. The van der Waals surface area contributed by atoms with Crippen LogP contribution in [0.4, 0.5) is 4.39 Å². The third kappa shape index (κ3) is 2.91. The lowest BCUT2D eigenvalue weighted by Gasteiger charge is -2.21. The lowest BCUT2D eigenvalue weighted by atomic mass is 9.92. The average Bonchev–Trinajstić information content (AvgIpc) is 2.23. The minimum absolute atomic E-state index is 0.0520. The highest BCUT2D eigenvalue weighted by atomic mass is 35.5. The zero-order valence-electron chi connectivity index (χ0n) is 8.58. The van der Waals surface area contributed by atoms with Crippen LogP contribution in [-0.4, -0.2) is 11.7 Å². The van der Waals surface area contributed by atoms with Gasteiger partial charge in [-0.25, -0.2) is 4.39 Å². The first-order valence-corrected chi connectivity index (χ1v) is 5.29. The lowest BCUT2D eigenvalue weighted by Crippen LogP contribution is -2.24. The van der Waals surface area contributed by atoms with Crippen LogP contribution in [0, 0.1) is 11.7 Å². The van der Waals surface area contributed by atoms with Gasteiger partial charge in [0.05, 0.1) is 0 Å². The van der Waals surface area contributed by atoms with Gasteiger partial charge in [0.25, 0.3) is 0 Å². The molecule has 0 radical (unpaired) electrons. The summed E-state index contributed by atoms with van der Waals surface area (Å²) < 4.78 is 13.4. The normalized spacial score (nSPS) is 15.0. The van der Waals surface area contributed by atoms with Gasteiger partial charge in [-0.2, -0.15) is 0 Å². The molecule has 15 heavy (non-hydrogen) atoms. The average molecular weight is 232 g/mol. The number of halogens is 2. The smallest absolute Gasteiger partial charge is 0.128 e. The first-order chi connectivity index (χ1) is 7.10. The highest BCUT2D eigenvalue weighted by molar-refractivity contribution is 6.30. The van der Waals surface area contributed by atoms with Crippen molar-refractivity contribution in [1.29, 1.82) is 0 Å². The number of hydrogen-bond acceptors (Lipinski definition) is 2. The van der Waals surface area contributed by atoms with Crippen molar-refractivity contribution in [2.75, 3.05) is 6.61 Å². The molecule has 2 unspecified atom stereocenters. The Labute approximate surface area is 93.9 Å². The second kappa shape index (κ2) is 5.45. The maximum atomic E-state index is 13.4. The SMILES string of the molecule is CCC(CO)C(N)c1cc(Cl)ccc1F. The topological polar surface area (TPSA) is 46.2 Å². The molecular weight excluding hydrogens is 217 g/mol. The zero-order valence-corrected chi connectivity index (χ0v) is 9.34. The second-order valence-electron chi connectivity index (χ2n) is 3.54. The van der Waals surface area contributed by atoms with Gasteiger partial charge in [-0.1, -0.05) is 18.5 Å². The van der Waals surface area contributed by atoms with Crippen LogP contribution < -0.4 is 5.73 Å². The van der Waals surface area contributed by atoms with Gasteiger partial charge >= 0.3 is 0 Å². The molecule has 2 atom stereocenters. The molecule has 0 bridgehead atoms. The molecule has 1 aromatic rings. The quantitative estimate of drug-likeness (QED) is 0.837. The predicted octanol–water partition coefficient (Wildman–Crippen LogP) is 2.50. The summed E-state index contributed by atoms with van der Waals surface area (Å²) in [4.78, 5) is 0. The van der Waals surface area contributed by atoms with Gasteiger partial charge in [0.2, 0.25) is 0 Å². The summed E-state index contributed by atoms with van der Waals surface area (Å²) in [5, 5.41) is 9.54. The van der Waals surface area contributed by atoms with Crippen molar-refractivity contribution < 1.29 is 9.50 Å². The van der Waals surface area contributed by atoms with Gasteiger partial charge in [0.1, 0.15) is 5.82 Å². The van der Waals surface area contributed by atoms with E-state index in [4.69, 9.17) is 22.4 Å². The molecule has 0 heterocycles. The molecule has 0 aromatic heterocycles. The number of benzene rings is 1. The molecular formula is C11H15ClFNO. The van der Waals surface area contributed by atoms with E-state index >= 15 is 0 Å². The molecule has 0 saturated heterocycles. The molecule has 0 aliphatic rings. The third-order valence-electron chi connectivity index (χ3n) is 2.58. The van der Waals surface area contributed by atoms with Crippen LogP contribution in [0.15, 0.2) is 18.2 Å². The van der Waals surface area contributed by atoms with Gasteiger partial charge in [0.15, 0.2) is 0 Å². The molecule has 84 valence electrons. The van der Waals surface area contributed by atoms with E-state index in [9.17, 15) is 4.39 Å². The van der Waals surface area contributed by atoms with Crippen LogP contribution in [0.25, 0.3) is 0 Å². The van der Waals surface area contributed by atoms with Crippen LogP contribution in [0.1, 0.15) is 24.9 Å². The summed E-state index contributed by atoms with van der Waals surface area (Å²) in [7, 11) is 0. The summed E-state index contributed by atoms with van der Waals surface area (Å²) in [6, 6.07) is 3.77. The molecule has 0 aliphatic heterocycles. The Balaban J connectivity index is 2.98. The summed E-state index contributed by atoms with van der Waals surface area (Å²) in [5.74, 6) is -0.517. The number of rotatable bonds is 4. The zero-order chi connectivity index (χ0) is 11.4. The molecule has 0 amide bonds. The van der Waals surface area contributed by atoms with Gasteiger partial charge in [-0.05, 0) is 24.6 Å². The third-order valence-corrected chi connectivity index (χ3v) is 2.82. The first kappa shape index (κ1) is 12.4. The Hall–Kier alpha value is -0.640.